The molecule has 0 atom stereocenters. The van der Waals surface area contributed by atoms with Crippen molar-refractivity contribution in [2.45, 2.75) is 26.2 Å². The zero-order valence-electron chi connectivity index (χ0n) is 4.78. The van der Waals surface area contributed by atoms with Gasteiger partial charge in [0.2, 0.25) is 0 Å². The summed E-state index contributed by atoms with van der Waals surface area (Å²) in [5.74, 6) is 0. The first-order valence-electron chi connectivity index (χ1n) is 2.56. The molecule has 0 amide bonds. The number of hydrogen-bond donors (Lipinski definition) is 0. The van der Waals surface area contributed by atoms with Crippen molar-refractivity contribution in [2.75, 3.05) is 6.54 Å². The van der Waals surface area contributed by atoms with Crippen LogP contribution in [-0.2, 0) is 22.4 Å². The van der Waals surface area contributed by atoms with E-state index in [0.717, 1.165) is 6.42 Å². The molecular formula is C5H12NNb-. The quantitative estimate of drug-likeness (QED) is 0.468. The summed E-state index contributed by atoms with van der Waals surface area (Å²) in [6.07, 6.45) is 3.54. The van der Waals surface area contributed by atoms with Crippen LogP contribution in [0, 0.1) is 0 Å². The summed E-state index contributed by atoms with van der Waals surface area (Å²) in [5.41, 5.74) is 6.71. The second-order valence-electron chi connectivity index (χ2n) is 1.46. The van der Waals surface area contributed by atoms with Crippen molar-refractivity contribution < 1.29 is 22.4 Å². The van der Waals surface area contributed by atoms with E-state index in [2.05, 4.69) is 6.92 Å². The van der Waals surface area contributed by atoms with Gasteiger partial charge < -0.3 is 5.73 Å². The molecule has 1 N–H and O–H groups in total. The zero-order valence-corrected chi connectivity index (χ0v) is 6.97. The number of hydrogen-bond acceptors (Lipinski definition) is 0. The second-order valence-corrected chi connectivity index (χ2v) is 1.46. The summed E-state index contributed by atoms with van der Waals surface area (Å²) >= 11 is 0. The standard InChI is InChI=1S/C5H12N.Nb/c1-2-3-4-5-6;/h6H,2-5H2,1H3;/q-1;. The average molecular weight is 179 g/mol. The van der Waals surface area contributed by atoms with Gasteiger partial charge in [-0.2, -0.15) is 6.54 Å². The Morgan fingerprint density at radius 1 is 1.29 bits per heavy atom. The number of unbranched alkanes of at least 4 members (excludes halogenated alkanes) is 2. The second kappa shape index (κ2) is 9.85. The van der Waals surface area contributed by atoms with E-state index in [0.29, 0.717) is 6.54 Å². The summed E-state index contributed by atoms with van der Waals surface area (Å²) in [5, 5.41) is 0. The van der Waals surface area contributed by atoms with E-state index in [4.69, 9.17) is 5.73 Å². The van der Waals surface area contributed by atoms with Gasteiger partial charge in [0.1, 0.15) is 0 Å². The van der Waals surface area contributed by atoms with Crippen LogP contribution >= 0.6 is 0 Å². The predicted octanol–water partition coefficient (Wildman–Crippen LogP) is 2.23. The summed E-state index contributed by atoms with van der Waals surface area (Å²) < 4.78 is 0. The molecule has 0 aromatic carbocycles. The molecule has 1 nitrogen and oxygen atoms in total. The summed E-state index contributed by atoms with van der Waals surface area (Å²) in [6.45, 7) is 2.75. The van der Waals surface area contributed by atoms with Gasteiger partial charge in [0.25, 0.3) is 0 Å². The Bertz CT molecular complexity index is 20.0. The topological polar surface area (TPSA) is 23.8 Å². The van der Waals surface area contributed by atoms with Crippen LogP contribution in [0.25, 0.3) is 5.73 Å². The fourth-order valence-electron chi connectivity index (χ4n) is 0.375. The Labute approximate surface area is 61.2 Å². The van der Waals surface area contributed by atoms with Crippen LogP contribution in [-0.4, -0.2) is 6.54 Å². The molecule has 0 spiro atoms. The van der Waals surface area contributed by atoms with Crippen molar-refractivity contribution in [1.29, 1.82) is 0 Å². The molecule has 0 aromatic heterocycles. The maximum Gasteiger partial charge on any atom is 0 e. The first-order valence-corrected chi connectivity index (χ1v) is 2.56. The monoisotopic (exact) mass is 179 g/mol. The largest absolute Gasteiger partial charge is 0.677 e. The van der Waals surface area contributed by atoms with Crippen molar-refractivity contribution in [1.82, 2.24) is 0 Å². The Morgan fingerprint density at radius 2 is 1.86 bits per heavy atom. The molecule has 0 aromatic rings. The third-order valence-electron chi connectivity index (χ3n) is 0.780. The van der Waals surface area contributed by atoms with E-state index in [1.54, 1.807) is 0 Å². The predicted molar refractivity (Wildman–Crippen MR) is 28.7 cm³/mol. The average Bonchev–Trinajstić information content (AvgIpc) is 1.61. The van der Waals surface area contributed by atoms with Gasteiger partial charge >= 0.3 is 0 Å². The third-order valence-corrected chi connectivity index (χ3v) is 0.780. The molecule has 7 heavy (non-hydrogen) atoms. The summed E-state index contributed by atoms with van der Waals surface area (Å²) in [4.78, 5) is 0. The molecule has 0 aliphatic carbocycles. The minimum atomic E-state index is 0. The van der Waals surface area contributed by atoms with Crippen molar-refractivity contribution in [3.63, 3.8) is 0 Å². The molecule has 0 rings (SSSR count). The summed E-state index contributed by atoms with van der Waals surface area (Å²) in [7, 11) is 0. The number of nitrogens with one attached hydrogen (secondary N) is 1. The molecule has 0 saturated heterocycles. The van der Waals surface area contributed by atoms with Gasteiger partial charge in [-0.15, -0.1) is 0 Å². The Balaban J connectivity index is 0. The minimum absolute atomic E-state index is 0. The van der Waals surface area contributed by atoms with E-state index in [1.807, 2.05) is 0 Å². The van der Waals surface area contributed by atoms with E-state index in [9.17, 15) is 0 Å². The molecule has 0 bridgehead atoms. The zero-order chi connectivity index (χ0) is 4.83. The molecule has 0 aliphatic rings. The van der Waals surface area contributed by atoms with Crippen LogP contribution in [0.3, 0.4) is 0 Å². The van der Waals surface area contributed by atoms with E-state index < -0.39 is 0 Å². The van der Waals surface area contributed by atoms with Crippen LogP contribution in [0.5, 0.6) is 0 Å². The van der Waals surface area contributed by atoms with Gasteiger partial charge in [0.05, 0.1) is 0 Å². The van der Waals surface area contributed by atoms with Crippen molar-refractivity contribution in [2.24, 2.45) is 0 Å². The molecule has 43 valence electrons. The van der Waals surface area contributed by atoms with Crippen LogP contribution in [0.4, 0.5) is 0 Å². The van der Waals surface area contributed by atoms with Crippen LogP contribution in [0.1, 0.15) is 26.2 Å². The van der Waals surface area contributed by atoms with Crippen molar-refractivity contribution >= 4 is 0 Å². The van der Waals surface area contributed by atoms with Gasteiger partial charge in [0, 0.05) is 22.4 Å². The molecule has 0 saturated carbocycles. The molecule has 0 heterocycles. The fourth-order valence-corrected chi connectivity index (χ4v) is 0.375. The number of rotatable bonds is 3. The van der Waals surface area contributed by atoms with Crippen LogP contribution in [0.15, 0.2) is 0 Å². The fraction of sp³-hybridized carbons (Fsp3) is 1.00. The first kappa shape index (κ1) is 10.6. The molecule has 0 aliphatic heterocycles. The van der Waals surface area contributed by atoms with E-state index in [-0.39, 0.29) is 22.4 Å². The van der Waals surface area contributed by atoms with E-state index >= 15 is 0 Å². The maximum absolute atomic E-state index is 6.71. The Morgan fingerprint density at radius 3 is 2.00 bits per heavy atom. The van der Waals surface area contributed by atoms with E-state index in [1.165, 1.54) is 12.8 Å². The van der Waals surface area contributed by atoms with Gasteiger partial charge in [-0.1, -0.05) is 26.2 Å². The van der Waals surface area contributed by atoms with Crippen LogP contribution in [0.2, 0.25) is 0 Å². The SMILES string of the molecule is CCCCC[NH-].[Nb]. The van der Waals surface area contributed by atoms with Gasteiger partial charge in [0.15, 0.2) is 0 Å². The molecule has 1 radical (unpaired) electrons. The van der Waals surface area contributed by atoms with Crippen LogP contribution < -0.4 is 0 Å². The van der Waals surface area contributed by atoms with Crippen molar-refractivity contribution in [3.8, 4) is 0 Å². The molecular weight excluding hydrogens is 167 g/mol. The third kappa shape index (κ3) is 10.8. The molecule has 0 fully saturated rings. The van der Waals surface area contributed by atoms with Crippen molar-refractivity contribution in [3.05, 3.63) is 5.73 Å². The van der Waals surface area contributed by atoms with Gasteiger partial charge in [-0.3, -0.25) is 0 Å². The molecule has 0 unspecified atom stereocenters. The smallest absolute Gasteiger partial charge is 0 e. The Kier molecular flexibility index (Phi) is 15.0. The summed E-state index contributed by atoms with van der Waals surface area (Å²) in [6, 6.07) is 0. The first-order chi connectivity index (χ1) is 2.91. The minimum Gasteiger partial charge on any atom is -0.677 e. The normalized spacial score (nSPS) is 7.71. The van der Waals surface area contributed by atoms with Gasteiger partial charge in [-0.05, 0) is 0 Å². The molecule has 2 heteroatoms. The Hall–Kier alpha value is 0.700. The maximum atomic E-state index is 6.71. The van der Waals surface area contributed by atoms with Gasteiger partial charge in [-0.25, -0.2) is 0 Å².